The monoisotopic (exact) mass is 281 g/mol. The Labute approximate surface area is 114 Å². The van der Waals surface area contributed by atoms with Crippen LogP contribution < -0.4 is 10.5 Å². The quantitative estimate of drug-likeness (QED) is 0.668. The van der Waals surface area contributed by atoms with Crippen molar-refractivity contribution in [3.63, 3.8) is 0 Å². The molecule has 2 rings (SSSR count). The first-order chi connectivity index (χ1) is 8.58. The van der Waals surface area contributed by atoms with E-state index in [1.807, 2.05) is 12.3 Å². The molecule has 0 radical (unpaired) electrons. The molecule has 0 amide bonds. The molecule has 0 spiro atoms. The molecule has 0 atom stereocenters. The van der Waals surface area contributed by atoms with Gasteiger partial charge < -0.3 is 10.5 Å². The zero-order valence-corrected chi connectivity index (χ0v) is 11.3. The summed E-state index contributed by atoms with van der Waals surface area (Å²) in [6, 6.07) is 5.18. The number of thiazole rings is 1. The molecular formula is C12H12ClN3OS. The van der Waals surface area contributed by atoms with Crippen molar-refractivity contribution < 1.29 is 4.74 Å². The van der Waals surface area contributed by atoms with Gasteiger partial charge in [-0.25, -0.2) is 4.98 Å². The maximum absolute atomic E-state index is 7.50. The molecule has 18 heavy (non-hydrogen) atoms. The maximum atomic E-state index is 7.50. The zero-order chi connectivity index (χ0) is 13.1. The fourth-order valence-corrected chi connectivity index (χ4v) is 2.38. The van der Waals surface area contributed by atoms with Crippen LogP contribution in [0.25, 0.3) is 0 Å². The molecule has 6 heteroatoms. The van der Waals surface area contributed by atoms with Crippen molar-refractivity contribution in [3.8, 4) is 5.75 Å². The van der Waals surface area contributed by atoms with E-state index in [4.69, 9.17) is 27.5 Å². The van der Waals surface area contributed by atoms with E-state index in [1.165, 1.54) is 0 Å². The molecule has 0 aliphatic carbocycles. The minimum atomic E-state index is -0.106. The highest BCUT2D eigenvalue weighted by Gasteiger charge is 2.11. The van der Waals surface area contributed by atoms with Gasteiger partial charge in [0.25, 0.3) is 0 Å². The van der Waals surface area contributed by atoms with Crippen LogP contribution >= 0.6 is 22.9 Å². The van der Waals surface area contributed by atoms with Gasteiger partial charge in [0.05, 0.1) is 21.3 Å². The van der Waals surface area contributed by atoms with E-state index < -0.39 is 0 Å². The van der Waals surface area contributed by atoms with Crippen molar-refractivity contribution in [3.05, 3.63) is 44.9 Å². The summed E-state index contributed by atoms with van der Waals surface area (Å²) in [5.74, 6) is 0.394. The Balaban J connectivity index is 2.19. The summed E-state index contributed by atoms with van der Waals surface area (Å²) < 4.78 is 5.62. The van der Waals surface area contributed by atoms with Gasteiger partial charge in [0.15, 0.2) is 0 Å². The molecule has 1 aromatic heterocycles. The van der Waals surface area contributed by atoms with Crippen molar-refractivity contribution in [1.82, 2.24) is 4.98 Å². The second-order valence-electron chi connectivity index (χ2n) is 3.67. The molecule has 0 unspecified atom stereocenters. The summed E-state index contributed by atoms with van der Waals surface area (Å²) in [5, 5.41) is 10.8. The molecule has 0 fully saturated rings. The summed E-state index contributed by atoms with van der Waals surface area (Å²) in [5.41, 5.74) is 6.77. The summed E-state index contributed by atoms with van der Waals surface area (Å²) in [6.45, 7) is 2.28. The van der Waals surface area contributed by atoms with Gasteiger partial charge in [-0.05, 0) is 19.1 Å². The predicted molar refractivity (Wildman–Crippen MR) is 73.7 cm³/mol. The Hall–Kier alpha value is -1.59. The standard InChI is InChI=1S/C12H12ClN3OS/c1-7-16-8(6-18-7)5-17-10-4-2-3-9(13)11(10)12(14)15/h2-4,6H,5H2,1H3,(H3,14,15). The van der Waals surface area contributed by atoms with E-state index in [0.717, 1.165) is 10.7 Å². The smallest absolute Gasteiger partial charge is 0.132 e. The van der Waals surface area contributed by atoms with E-state index in [0.29, 0.717) is 22.9 Å². The highest BCUT2D eigenvalue weighted by molar-refractivity contribution is 7.09. The number of aryl methyl sites for hydroxylation is 1. The van der Waals surface area contributed by atoms with Crippen molar-refractivity contribution in [2.24, 2.45) is 5.73 Å². The second kappa shape index (κ2) is 5.37. The Bertz CT molecular complexity index is 582. The summed E-state index contributed by atoms with van der Waals surface area (Å²) >= 11 is 7.56. The molecule has 4 nitrogen and oxygen atoms in total. The molecule has 0 saturated heterocycles. The lowest BCUT2D eigenvalue weighted by Gasteiger charge is -2.10. The highest BCUT2D eigenvalue weighted by Crippen LogP contribution is 2.26. The van der Waals surface area contributed by atoms with Crippen LogP contribution in [-0.2, 0) is 6.61 Å². The number of amidine groups is 1. The molecule has 94 valence electrons. The third-order valence-electron chi connectivity index (χ3n) is 2.29. The molecule has 0 aliphatic rings. The SMILES string of the molecule is Cc1nc(COc2cccc(Cl)c2C(=N)N)cs1. The fraction of sp³-hybridized carbons (Fsp3) is 0.167. The van der Waals surface area contributed by atoms with Crippen molar-refractivity contribution in [2.45, 2.75) is 13.5 Å². The van der Waals surface area contributed by atoms with Crippen LogP contribution in [-0.4, -0.2) is 10.8 Å². The molecule has 1 aromatic carbocycles. The molecule has 3 N–H and O–H groups in total. The van der Waals surface area contributed by atoms with Crippen LogP contribution in [0.1, 0.15) is 16.3 Å². The number of halogens is 1. The molecule has 0 bridgehead atoms. The third kappa shape index (κ3) is 2.80. The highest BCUT2D eigenvalue weighted by atomic mass is 35.5. The number of hydrogen-bond donors (Lipinski definition) is 2. The van der Waals surface area contributed by atoms with E-state index in [2.05, 4.69) is 4.98 Å². The first kappa shape index (κ1) is 12.9. The first-order valence-corrected chi connectivity index (χ1v) is 6.50. The summed E-state index contributed by atoms with van der Waals surface area (Å²) in [6.07, 6.45) is 0. The maximum Gasteiger partial charge on any atom is 0.132 e. The van der Waals surface area contributed by atoms with Crippen molar-refractivity contribution in [1.29, 1.82) is 5.41 Å². The van der Waals surface area contributed by atoms with Crippen LogP contribution in [0.5, 0.6) is 5.75 Å². The van der Waals surface area contributed by atoms with E-state index in [9.17, 15) is 0 Å². The summed E-state index contributed by atoms with van der Waals surface area (Å²) in [4.78, 5) is 4.30. The Morgan fingerprint density at radius 2 is 2.33 bits per heavy atom. The number of nitrogen functional groups attached to an aromatic ring is 1. The van der Waals surface area contributed by atoms with Crippen molar-refractivity contribution in [2.75, 3.05) is 0 Å². The molecular weight excluding hydrogens is 270 g/mol. The van der Waals surface area contributed by atoms with Crippen molar-refractivity contribution >= 4 is 28.8 Å². The van der Waals surface area contributed by atoms with Crippen LogP contribution in [0.3, 0.4) is 0 Å². The largest absolute Gasteiger partial charge is 0.486 e. The number of benzene rings is 1. The van der Waals surface area contributed by atoms with Gasteiger partial charge in [-0.2, -0.15) is 0 Å². The number of aromatic nitrogens is 1. The Kier molecular flexibility index (Phi) is 3.84. The lowest BCUT2D eigenvalue weighted by atomic mass is 10.2. The van der Waals surface area contributed by atoms with Crippen LogP contribution in [0, 0.1) is 12.3 Å². The number of nitrogens with one attached hydrogen (secondary N) is 1. The van der Waals surface area contributed by atoms with Crippen LogP contribution in [0.4, 0.5) is 0 Å². The predicted octanol–water partition coefficient (Wildman–Crippen LogP) is 2.97. The van der Waals surface area contributed by atoms with Gasteiger partial charge in [-0.15, -0.1) is 11.3 Å². The minimum absolute atomic E-state index is 0.106. The third-order valence-corrected chi connectivity index (χ3v) is 3.42. The number of rotatable bonds is 4. The van der Waals surface area contributed by atoms with E-state index in [-0.39, 0.29) is 5.84 Å². The van der Waals surface area contributed by atoms with E-state index >= 15 is 0 Å². The number of nitrogens with two attached hydrogens (primary N) is 1. The second-order valence-corrected chi connectivity index (χ2v) is 5.14. The number of nitrogens with zero attached hydrogens (tertiary/aromatic N) is 1. The molecule has 1 heterocycles. The zero-order valence-electron chi connectivity index (χ0n) is 9.74. The Morgan fingerprint density at radius 1 is 1.56 bits per heavy atom. The van der Waals surface area contributed by atoms with Gasteiger partial charge in [0.2, 0.25) is 0 Å². The average molecular weight is 282 g/mol. The van der Waals surface area contributed by atoms with Gasteiger partial charge in [-0.1, -0.05) is 17.7 Å². The minimum Gasteiger partial charge on any atom is -0.486 e. The fourth-order valence-electron chi connectivity index (χ4n) is 1.51. The van der Waals surface area contributed by atoms with E-state index in [1.54, 1.807) is 29.5 Å². The van der Waals surface area contributed by atoms with Gasteiger partial charge in [-0.3, -0.25) is 5.41 Å². The lowest BCUT2D eigenvalue weighted by molar-refractivity contribution is 0.301. The lowest BCUT2D eigenvalue weighted by Crippen LogP contribution is -2.14. The van der Waals surface area contributed by atoms with Gasteiger partial charge in [0, 0.05) is 5.38 Å². The molecule has 0 aliphatic heterocycles. The Morgan fingerprint density at radius 3 is 2.94 bits per heavy atom. The normalized spacial score (nSPS) is 10.3. The molecule has 0 saturated carbocycles. The average Bonchev–Trinajstić information content (AvgIpc) is 2.72. The summed E-state index contributed by atoms with van der Waals surface area (Å²) in [7, 11) is 0. The van der Waals surface area contributed by atoms with Gasteiger partial charge in [0.1, 0.15) is 18.2 Å². The van der Waals surface area contributed by atoms with Crippen LogP contribution in [0.2, 0.25) is 5.02 Å². The number of ether oxygens (including phenoxy) is 1. The first-order valence-electron chi connectivity index (χ1n) is 5.24. The van der Waals surface area contributed by atoms with Crippen LogP contribution in [0.15, 0.2) is 23.6 Å². The molecule has 2 aromatic rings. The number of hydrogen-bond acceptors (Lipinski definition) is 4. The topological polar surface area (TPSA) is 72.0 Å². The van der Waals surface area contributed by atoms with Gasteiger partial charge >= 0.3 is 0 Å².